The van der Waals surface area contributed by atoms with Gasteiger partial charge < -0.3 is 5.32 Å². The second-order valence-electron chi connectivity index (χ2n) is 4.65. The molecular formula is C12H17N5S. The first kappa shape index (κ1) is 11.8. The van der Waals surface area contributed by atoms with Gasteiger partial charge in [-0.2, -0.15) is 0 Å². The lowest BCUT2D eigenvalue weighted by molar-refractivity contribution is 0.637. The lowest BCUT2D eigenvalue weighted by atomic mass is 10.4. The van der Waals surface area contributed by atoms with Gasteiger partial charge in [0.1, 0.15) is 0 Å². The summed E-state index contributed by atoms with van der Waals surface area (Å²) in [6.07, 6.45) is 5.60. The minimum atomic E-state index is 0.709. The molecule has 2 aromatic rings. The lowest BCUT2D eigenvalue weighted by Gasteiger charge is -1.97. The molecule has 1 saturated carbocycles. The topological polar surface area (TPSA) is 55.6 Å². The van der Waals surface area contributed by atoms with Crippen LogP contribution in [0.3, 0.4) is 0 Å². The SMILES string of the molecule is CCc1nc(Cn2cc(CNC3CC3)nn2)cs1. The standard InChI is InChI=1S/C12H17N5S/c1-2-12-14-11(8-18-12)7-17-6-10(15-16-17)5-13-9-3-4-9/h6,8-9,13H,2-5,7H2,1H3. The Balaban J connectivity index is 1.58. The van der Waals surface area contributed by atoms with E-state index in [1.165, 1.54) is 17.8 Å². The van der Waals surface area contributed by atoms with Gasteiger partial charge >= 0.3 is 0 Å². The third-order valence-electron chi connectivity index (χ3n) is 2.96. The Bertz CT molecular complexity index is 514. The molecule has 1 aliphatic carbocycles. The zero-order chi connectivity index (χ0) is 12.4. The number of thiazole rings is 1. The Morgan fingerprint density at radius 1 is 1.44 bits per heavy atom. The van der Waals surface area contributed by atoms with E-state index in [4.69, 9.17) is 0 Å². The van der Waals surface area contributed by atoms with Gasteiger partial charge in [-0.1, -0.05) is 12.1 Å². The summed E-state index contributed by atoms with van der Waals surface area (Å²) >= 11 is 1.71. The maximum absolute atomic E-state index is 4.53. The molecule has 0 saturated heterocycles. The van der Waals surface area contributed by atoms with Gasteiger partial charge in [0.2, 0.25) is 0 Å². The molecule has 5 nitrogen and oxygen atoms in total. The number of nitrogens with one attached hydrogen (secondary N) is 1. The van der Waals surface area contributed by atoms with Gasteiger partial charge in [0, 0.05) is 18.0 Å². The molecule has 0 bridgehead atoms. The lowest BCUT2D eigenvalue weighted by Crippen LogP contribution is -2.15. The van der Waals surface area contributed by atoms with Crippen LogP contribution >= 0.6 is 11.3 Å². The van der Waals surface area contributed by atoms with Crippen LogP contribution < -0.4 is 5.32 Å². The fourth-order valence-electron chi connectivity index (χ4n) is 1.78. The molecule has 2 aromatic heterocycles. The number of aryl methyl sites for hydroxylation is 1. The average Bonchev–Trinajstić information content (AvgIpc) is 2.93. The van der Waals surface area contributed by atoms with Crippen LogP contribution in [-0.4, -0.2) is 26.0 Å². The summed E-state index contributed by atoms with van der Waals surface area (Å²) in [5.41, 5.74) is 2.08. The van der Waals surface area contributed by atoms with Crippen molar-refractivity contribution in [3.05, 3.63) is 28.0 Å². The first-order valence-corrected chi connectivity index (χ1v) is 7.27. The molecule has 0 radical (unpaired) electrons. The molecule has 1 fully saturated rings. The number of hydrogen-bond donors (Lipinski definition) is 1. The van der Waals surface area contributed by atoms with Gasteiger partial charge in [0.25, 0.3) is 0 Å². The summed E-state index contributed by atoms with van der Waals surface area (Å²) in [7, 11) is 0. The fraction of sp³-hybridized carbons (Fsp3) is 0.583. The van der Waals surface area contributed by atoms with Crippen LogP contribution in [0.1, 0.15) is 36.2 Å². The molecule has 0 aromatic carbocycles. The predicted molar refractivity (Wildman–Crippen MR) is 70.5 cm³/mol. The van der Waals surface area contributed by atoms with Crippen LogP contribution in [0.5, 0.6) is 0 Å². The monoisotopic (exact) mass is 263 g/mol. The molecule has 1 aliphatic rings. The molecule has 1 N–H and O–H groups in total. The molecule has 0 aliphatic heterocycles. The van der Waals surface area contributed by atoms with E-state index in [2.05, 4.69) is 32.9 Å². The zero-order valence-corrected chi connectivity index (χ0v) is 11.3. The van der Waals surface area contributed by atoms with E-state index in [9.17, 15) is 0 Å². The van der Waals surface area contributed by atoms with Crippen molar-refractivity contribution in [3.8, 4) is 0 Å². The van der Waals surface area contributed by atoms with Crippen LogP contribution in [0.25, 0.3) is 0 Å². The first-order chi connectivity index (χ1) is 8.83. The summed E-state index contributed by atoms with van der Waals surface area (Å²) in [5.74, 6) is 0. The highest BCUT2D eigenvalue weighted by atomic mass is 32.1. The molecule has 18 heavy (non-hydrogen) atoms. The summed E-state index contributed by atoms with van der Waals surface area (Å²) < 4.78 is 1.86. The third-order valence-corrected chi connectivity index (χ3v) is 4.00. The zero-order valence-electron chi connectivity index (χ0n) is 10.5. The van der Waals surface area contributed by atoms with E-state index in [0.29, 0.717) is 12.6 Å². The average molecular weight is 263 g/mol. The fourth-order valence-corrected chi connectivity index (χ4v) is 2.52. The van der Waals surface area contributed by atoms with E-state index in [0.717, 1.165) is 24.4 Å². The predicted octanol–water partition coefficient (Wildman–Crippen LogP) is 1.60. The van der Waals surface area contributed by atoms with Gasteiger partial charge in [0.15, 0.2) is 0 Å². The molecule has 0 atom stereocenters. The van der Waals surface area contributed by atoms with Crippen LogP contribution in [0.4, 0.5) is 0 Å². The van der Waals surface area contributed by atoms with Crippen molar-refractivity contribution in [3.63, 3.8) is 0 Å². The van der Waals surface area contributed by atoms with E-state index in [1.807, 2.05) is 10.9 Å². The van der Waals surface area contributed by atoms with Crippen molar-refractivity contribution in [1.82, 2.24) is 25.3 Å². The highest BCUT2D eigenvalue weighted by molar-refractivity contribution is 7.09. The molecule has 96 valence electrons. The Kier molecular flexibility index (Phi) is 3.38. The van der Waals surface area contributed by atoms with E-state index >= 15 is 0 Å². The van der Waals surface area contributed by atoms with Crippen molar-refractivity contribution < 1.29 is 0 Å². The van der Waals surface area contributed by atoms with E-state index < -0.39 is 0 Å². The molecule has 6 heteroatoms. The third kappa shape index (κ3) is 2.94. The second-order valence-corrected chi connectivity index (χ2v) is 5.59. The maximum Gasteiger partial charge on any atom is 0.0965 e. The Morgan fingerprint density at radius 2 is 2.33 bits per heavy atom. The summed E-state index contributed by atoms with van der Waals surface area (Å²) in [6.45, 7) is 3.66. The first-order valence-electron chi connectivity index (χ1n) is 6.39. The number of aromatic nitrogens is 4. The van der Waals surface area contributed by atoms with Crippen molar-refractivity contribution in [1.29, 1.82) is 0 Å². The van der Waals surface area contributed by atoms with Crippen LogP contribution in [-0.2, 0) is 19.5 Å². The van der Waals surface area contributed by atoms with Crippen molar-refractivity contribution in [2.75, 3.05) is 0 Å². The number of rotatable bonds is 6. The Labute approximate surface area is 110 Å². The summed E-state index contributed by atoms with van der Waals surface area (Å²) in [6, 6.07) is 0.709. The molecule has 2 heterocycles. The van der Waals surface area contributed by atoms with Crippen molar-refractivity contribution >= 4 is 11.3 Å². The van der Waals surface area contributed by atoms with Gasteiger partial charge in [0.05, 0.1) is 29.1 Å². The minimum Gasteiger partial charge on any atom is -0.308 e. The largest absolute Gasteiger partial charge is 0.308 e. The Morgan fingerprint density at radius 3 is 3.06 bits per heavy atom. The van der Waals surface area contributed by atoms with Crippen LogP contribution in [0.15, 0.2) is 11.6 Å². The normalized spacial score (nSPS) is 15.2. The van der Waals surface area contributed by atoms with Gasteiger partial charge in [-0.3, -0.25) is 0 Å². The Hall–Kier alpha value is -1.27. The van der Waals surface area contributed by atoms with E-state index in [1.54, 1.807) is 11.3 Å². The van der Waals surface area contributed by atoms with Crippen molar-refractivity contribution in [2.45, 2.75) is 45.3 Å². The summed E-state index contributed by atoms with van der Waals surface area (Å²) in [5, 5.41) is 15.0. The van der Waals surface area contributed by atoms with Gasteiger partial charge in [-0.15, -0.1) is 16.4 Å². The van der Waals surface area contributed by atoms with Crippen molar-refractivity contribution in [2.24, 2.45) is 0 Å². The maximum atomic E-state index is 4.53. The summed E-state index contributed by atoms with van der Waals surface area (Å²) in [4.78, 5) is 4.53. The molecule has 0 unspecified atom stereocenters. The number of nitrogens with zero attached hydrogens (tertiary/aromatic N) is 4. The van der Waals surface area contributed by atoms with Gasteiger partial charge in [-0.05, 0) is 19.3 Å². The minimum absolute atomic E-state index is 0.709. The number of hydrogen-bond acceptors (Lipinski definition) is 5. The highest BCUT2D eigenvalue weighted by Crippen LogP contribution is 2.19. The molecular weight excluding hydrogens is 246 g/mol. The van der Waals surface area contributed by atoms with Crippen LogP contribution in [0.2, 0.25) is 0 Å². The van der Waals surface area contributed by atoms with Crippen LogP contribution in [0, 0.1) is 0 Å². The van der Waals surface area contributed by atoms with E-state index in [-0.39, 0.29) is 0 Å². The second kappa shape index (κ2) is 5.16. The smallest absolute Gasteiger partial charge is 0.0965 e. The quantitative estimate of drug-likeness (QED) is 0.860. The molecule has 3 rings (SSSR count). The highest BCUT2D eigenvalue weighted by Gasteiger charge is 2.20. The molecule has 0 spiro atoms. The van der Waals surface area contributed by atoms with Gasteiger partial charge in [-0.25, -0.2) is 9.67 Å². The molecule has 0 amide bonds.